The minimum absolute atomic E-state index is 0.0475. The summed E-state index contributed by atoms with van der Waals surface area (Å²) in [6.07, 6.45) is 0.964. The number of anilines is 1. The summed E-state index contributed by atoms with van der Waals surface area (Å²) in [6, 6.07) is 19.6. The molecule has 0 saturated heterocycles. The molecule has 0 radical (unpaired) electrons. The Bertz CT molecular complexity index is 1210. The van der Waals surface area contributed by atoms with Crippen molar-refractivity contribution in [2.45, 2.75) is 6.42 Å². The summed E-state index contributed by atoms with van der Waals surface area (Å²) in [5.74, 6) is 0. The number of nitroso groups, excluding NO2 is 1. The Morgan fingerprint density at radius 1 is 1.00 bits per heavy atom. The smallest absolute Gasteiger partial charge is 0.273 e. The second-order valence-corrected chi connectivity index (χ2v) is 8.08. The quantitative estimate of drug-likeness (QED) is 0.400. The first-order chi connectivity index (χ1) is 16.5. The van der Waals surface area contributed by atoms with Crippen LogP contribution in [0.3, 0.4) is 0 Å². The molecule has 1 aromatic heterocycles. The number of hydrogen-bond acceptors (Lipinski definition) is 7. The summed E-state index contributed by atoms with van der Waals surface area (Å²) in [5, 5.41) is 12.4. The molecule has 176 valence electrons. The van der Waals surface area contributed by atoms with E-state index >= 15 is 0 Å². The lowest BCUT2D eigenvalue weighted by Crippen LogP contribution is -2.28. The molecule has 0 bridgehead atoms. The van der Waals surface area contributed by atoms with Gasteiger partial charge < -0.3 is 14.5 Å². The molecule has 2 aromatic carbocycles. The third kappa shape index (κ3) is 5.76. The number of nitriles is 1. The van der Waals surface area contributed by atoms with Crippen molar-refractivity contribution in [3.63, 3.8) is 0 Å². The minimum Gasteiger partial charge on any atom is -0.383 e. The fraction of sp³-hybridized carbons (Fsp3) is 0.308. The molecule has 8 heteroatoms. The van der Waals surface area contributed by atoms with Gasteiger partial charge in [-0.3, -0.25) is 9.36 Å². The average molecular weight is 460 g/mol. The maximum absolute atomic E-state index is 13.2. The first-order valence-corrected chi connectivity index (χ1v) is 11.1. The zero-order chi connectivity index (χ0) is 24.5. The first kappa shape index (κ1) is 24.8. The van der Waals surface area contributed by atoms with Gasteiger partial charge in [0.1, 0.15) is 17.3 Å². The van der Waals surface area contributed by atoms with Crippen molar-refractivity contribution in [3.05, 3.63) is 81.5 Å². The van der Waals surface area contributed by atoms with Gasteiger partial charge in [0.25, 0.3) is 5.56 Å². The Morgan fingerprint density at radius 2 is 1.74 bits per heavy atom. The van der Waals surface area contributed by atoms with Crippen LogP contribution in [0.5, 0.6) is 0 Å². The minimum atomic E-state index is -0.413. The number of pyridine rings is 1. The number of benzene rings is 2. The van der Waals surface area contributed by atoms with Crippen molar-refractivity contribution in [1.29, 1.82) is 5.26 Å². The molecule has 0 unspecified atom stereocenters. The molecular weight excluding hydrogens is 430 g/mol. The van der Waals surface area contributed by atoms with Gasteiger partial charge in [0.2, 0.25) is 0 Å². The number of rotatable bonds is 11. The van der Waals surface area contributed by atoms with Crippen LogP contribution in [-0.4, -0.2) is 56.9 Å². The number of methoxy groups -OCH3 is 1. The molecule has 3 rings (SSSR count). The van der Waals surface area contributed by atoms with Crippen LogP contribution in [0.15, 0.2) is 70.6 Å². The van der Waals surface area contributed by atoms with Gasteiger partial charge in [-0.15, -0.1) is 4.91 Å². The van der Waals surface area contributed by atoms with Crippen LogP contribution in [0.4, 0.5) is 11.4 Å². The van der Waals surface area contributed by atoms with Crippen LogP contribution in [0.1, 0.15) is 12.0 Å². The van der Waals surface area contributed by atoms with E-state index in [2.05, 4.69) is 22.0 Å². The largest absolute Gasteiger partial charge is 0.383 e. The average Bonchev–Trinajstić information content (AvgIpc) is 2.87. The number of nitrogens with zero attached hydrogens (tertiary/aromatic N) is 5. The van der Waals surface area contributed by atoms with E-state index in [9.17, 15) is 15.0 Å². The summed E-state index contributed by atoms with van der Waals surface area (Å²) in [4.78, 5) is 28.4. The topological polar surface area (TPSA) is 90.9 Å². The van der Waals surface area contributed by atoms with E-state index in [1.807, 2.05) is 37.4 Å². The Hall–Kier alpha value is -3.80. The number of hydrogen-bond donors (Lipinski definition) is 0. The maximum atomic E-state index is 13.2. The second-order valence-electron chi connectivity index (χ2n) is 8.08. The van der Waals surface area contributed by atoms with Crippen LogP contribution in [0.25, 0.3) is 16.9 Å². The summed E-state index contributed by atoms with van der Waals surface area (Å²) < 4.78 is 6.65. The van der Waals surface area contributed by atoms with Crippen molar-refractivity contribution in [3.8, 4) is 23.0 Å². The van der Waals surface area contributed by atoms with Crippen LogP contribution in [0, 0.1) is 16.2 Å². The van der Waals surface area contributed by atoms with E-state index < -0.39 is 5.56 Å². The van der Waals surface area contributed by atoms with Crippen LogP contribution in [-0.2, 0) is 4.74 Å². The highest BCUT2D eigenvalue weighted by Gasteiger charge is 2.17. The molecule has 0 spiro atoms. The summed E-state index contributed by atoms with van der Waals surface area (Å²) in [6.45, 7) is 3.35. The van der Waals surface area contributed by atoms with E-state index in [4.69, 9.17) is 4.74 Å². The van der Waals surface area contributed by atoms with E-state index in [0.717, 1.165) is 37.3 Å². The first-order valence-electron chi connectivity index (χ1n) is 11.1. The molecule has 8 nitrogen and oxygen atoms in total. The normalized spacial score (nSPS) is 10.8. The molecule has 0 aliphatic carbocycles. The molecule has 1 heterocycles. The fourth-order valence-corrected chi connectivity index (χ4v) is 3.83. The van der Waals surface area contributed by atoms with Gasteiger partial charge in [-0.05, 0) is 67.7 Å². The molecule has 0 fully saturated rings. The standard InChI is InChI=1S/C26H29N5O3/c1-29(17-18-34-3)15-6-16-30(2)24-8-5-4-7-23(24)25-14-9-20(19-27)26(32)31(25)22-12-10-21(28-33)11-13-22/h4-5,7-14H,6,15-18H2,1-3H3. The third-order valence-electron chi connectivity index (χ3n) is 5.72. The van der Waals surface area contributed by atoms with Gasteiger partial charge in [-0.25, -0.2) is 0 Å². The Balaban J connectivity index is 1.98. The van der Waals surface area contributed by atoms with Crippen molar-refractivity contribution >= 4 is 11.4 Å². The van der Waals surface area contributed by atoms with Gasteiger partial charge >= 0.3 is 0 Å². The van der Waals surface area contributed by atoms with Crippen LogP contribution in [0.2, 0.25) is 0 Å². The van der Waals surface area contributed by atoms with Gasteiger partial charge in [0.15, 0.2) is 0 Å². The molecule has 0 saturated carbocycles. The lowest BCUT2D eigenvalue weighted by Gasteiger charge is -2.25. The van der Waals surface area contributed by atoms with E-state index in [-0.39, 0.29) is 11.3 Å². The summed E-state index contributed by atoms with van der Waals surface area (Å²) >= 11 is 0. The van der Waals surface area contributed by atoms with Crippen LogP contribution >= 0.6 is 0 Å². The van der Waals surface area contributed by atoms with Gasteiger partial charge in [-0.1, -0.05) is 18.2 Å². The molecule has 0 amide bonds. The zero-order valence-electron chi connectivity index (χ0n) is 19.8. The highest BCUT2D eigenvalue weighted by molar-refractivity contribution is 5.78. The number of aromatic nitrogens is 1. The zero-order valence-corrected chi connectivity index (χ0v) is 19.8. The Morgan fingerprint density at radius 3 is 2.41 bits per heavy atom. The molecule has 0 aliphatic rings. The number of para-hydroxylation sites is 1. The number of likely N-dealkylation sites (N-methyl/N-ethyl adjacent to an activating group) is 1. The van der Waals surface area contributed by atoms with Gasteiger partial charge in [0, 0.05) is 44.2 Å². The molecule has 3 aromatic rings. The lowest BCUT2D eigenvalue weighted by molar-refractivity contribution is 0.161. The molecule has 34 heavy (non-hydrogen) atoms. The Labute approximate surface area is 199 Å². The molecule has 0 N–H and O–H groups in total. The third-order valence-corrected chi connectivity index (χ3v) is 5.72. The van der Waals surface area contributed by atoms with Crippen molar-refractivity contribution in [2.24, 2.45) is 5.18 Å². The van der Waals surface area contributed by atoms with Crippen molar-refractivity contribution in [1.82, 2.24) is 9.47 Å². The SMILES string of the molecule is COCCN(C)CCCN(C)c1ccccc1-c1ccc(C#N)c(=O)n1-c1ccc(N=O)cc1. The monoisotopic (exact) mass is 459 g/mol. The fourth-order valence-electron chi connectivity index (χ4n) is 3.83. The molecule has 0 aliphatic heterocycles. The molecular formula is C26H29N5O3. The van der Waals surface area contributed by atoms with E-state index in [1.165, 1.54) is 4.57 Å². The highest BCUT2D eigenvalue weighted by Crippen LogP contribution is 2.31. The van der Waals surface area contributed by atoms with Gasteiger partial charge in [0.05, 0.1) is 12.3 Å². The predicted octanol–water partition coefficient (Wildman–Crippen LogP) is 4.18. The predicted molar refractivity (Wildman–Crippen MR) is 135 cm³/mol. The summed E-state index contributed by atoms with van der Waals surface area (Å²) in [7, 11) is 5.81. The van der Waals surface area contributed by atoms with Gasteiger partial charge in [-0.2, -0.15) is 5.26 Å². The maximum Gasteiger partial charge on any atom is 0.273 e. The lowest BCUT2D eigenvalue weighted by atomic mass is 10.1. The van der Waals surface area contributed by atoms with E-state index in [1.54, 1.807) is 43.5 Å². The van der Waals surface area contributed by atoms with Crippen molar-refractivity contribution in [2.75, 3.05) is 52.3 Å². The summed E-state index contributed by atoms with van der Waals surface area (Å²) in [5.41, 5.74) is 2.97. The molecule has 0 atom stereocenters. The van der Waals surface area contributed by atoms with Crippen molar-refractivity contribution < 1.29 is 4.74 Å². The Kier molecular flexibility index (Phi) is 8.68. The highest BCUT2D eigenvalue weighted by atomic mass is 16.5. The second kappa shape index (κ2) is 11.9. The van der Waals surface area contributed by atoms with Crippen LogP contribution < -0.4 is 10.5 Å². The van der Waals surface area contributed by atoms with E-state index in [0.29, 0.717) is 18.0 Å². The number of ether oxygens (including phenoxy) is 1.